The number of hydrogen-bond acceptors (Lipinski definition) is 14. The van der Waals surface area contributed by atoms with Gasteiger partial charge in [-0.05, 0) is 32.9 Å². The molecule has 45 heavy (non-hydrogen) atoms. The summed E-state index contributed by atoms with van der Waals surface area (Å²) in [4.78, 5) is 11.2. The number of rotatable bonds is 35. The van der Waals surface area contributed by atoms with Gasteiger partial charge in [-0.2, -0.15) is 0 Å². The molecule has 0 bridgehead atoms. The van der Waals surface area contributed by atoms with Crippen molar-refractivity contribution in [1.82, 2.24) is 5.32 Å². The molecule has 1 rings (SSSR count). The Bertz CT molecular complexity index is 653. The summed E-state index contributed by atoms with van der Waals surface area (Å²) in [6.45, 7) is 18.0. The lowest BCUT2D eigenvalue weighted by Gasteiger charge is -2.22. The van der Waals surface area contributed by atoms with Crippen LogP contribution in [0.25, 0.3) is 0 Å². The summed E-state index contributed by atoms with van der Waals surface area (Å²) < 4.78 is 65.2. The van der Waals surface area contributed by atoms with Crippen LogP contribution in [0.3, 0.4) is 0 Å². The van der Waals surface area contributed by atoms with Gasteiger partial charge in [0.1, 0.15) is 6.61 Å². The average molecular weight is 654 g/mol. The fourth-order valence-corrected chi connectivity index (χ4v) is 3.63. The van der Waals surface area contributed by atoms with E-state index < -0.39 is 5.97 Å². The lowest BCUT2D eigenvalue weighted by Crippen LogP contribution is -2.33. The molecule has 0 atom stereocenters. The summed E-state index contributed by atoms with van der Waals surface area (Å²) in [7, 11) is 0. The highest BCUT2D eigenvalue weighted by molar-refractivity contribution is 5.86. The molecule has 1 aliphatic heterocycles. The first kappa shape index (κ1) is 41.8. The number of piperidine rings is 1. The van der Waals surface area contributed by atoms with Gasteiger partial charge in [0.25, 0.3) is 0 Å². The van der Waals surface area contributed by atoms with Gasteiger partial charge in [-0.3, -0.25) is 0 Å². The van der Waals surface area contributed by atoms with E-state index >= 15 is 0 Å². The van der Waals surface area contributed by atoms with Gasteiger partial charge >= 0.3 is 5.97 Å². The summed E-state index contributed by atoms with van der Waals surface area (Å²) in [5, 5.41) is 3.32. The zero-order chi connectivity index (χ0) is 32.3. The minimum Gasteiger partial charge on any atom is -0.460 e. The molecule has 1 saturated heterocycles. The van der Waals surface area contributed by atoms with E-state index in [4.69, 9.17) is 56.8 Å². The van der Waals surface area contributed by atoms with E-state index in [-0.39, 0.29) is 6.61 Å². The molecule has 0 saturated carbocycles. The fraction of sp³-hybridized carbons (Fsp3) is 0.903. The molecule has 266 valence electrons. The van der Waals surface area contributed by atoms with Crippen molar-refractivity contribution in [2.45, 2.75) is 25.9 Å². The van der Waals surface area contributed by atoms with Crippen molar-refractivity contribution >= 4 is 5.97 Å². The highest BCUT2D eigenvalue weighted by Crippen LogP contribution is 2.06. The standard InChI is InChI=1S/C31H59NO13/c1-29(2)31(33)45-28-26-43-24-22-41-20-18-39-16-14-37-12-10-35-8-7-34-9-11-36-13-15-38-17-19-40-21-23-42-25-27-44-30-3-5-32-6-4-30/h30,32H,1,3-28H2,2H3. The van der Waals surface area contributed by atoms with Gasteiger partial charge in [-0.1, -0.05) is 6.58 Å². The van der Waals surface area contributed by atoms with Crippen LogP contribution in [-0.2, 0) is 61.6 Å². The number of esters is 1. The summed E-state index contributed by atoms with van der Waals surface area (Å²) in [5.41, 5.74) is 0.371. The van der Waals surface area contributed by atoms with E-state index in [1.807, 2.05) is 0 Å². The van der Waals surface area contributed by atoms with Crippen LogP contribution >= 0.6 is 0 Å². The molecule has 1 heterocycles. The number of hydrogen-bond donors (Lipinski definition) is 1. The molecule has 0 aromatic heterocycles. The van der Waals surface area contributed by atoms with Crippen molar-refractivity contribution in [3.8, 4) is 0 Å². The second-order valence-electron chi connectivity index (χ2n) is 9.86. The summed E-state index contributed by atoms with van der Waals surface area (Å²) >= 11 is 0. The highest BCUT2D eigenvalue weighted by atomic mass is 16.6. The molecule has 0 spiro atoms. The molecule has 0 aromatic carbocycles. The van der Waals surface area contributed by atoms with E-state index in [2.05, 4.69) is 11.9 Å². The van der Waals surface area contributed by atoms with Crippen LogP contribution in [0.5, 0.6) is 0 Å². The largest absolute Gasteiger partial charge is 0.460 e. The summed E-state index contributed by atoms with van der Waals surface area (Å²) in [6.07, 6.45) is 2.52. The molecule has 14 heteroatoms. The Hall–Kier alpha value is -1.27. The Morgan fingerprint density at radius 1 is 0.489 bits per heavy atom. The van der Waals surface area contributed by atoms with Gasteiger partial charge in [0.05, 0.1) is 145 Å². The quantitative estimate of drug-likeness (QED) is 0.0592. The third-order valence-corrected chi connectivity index (χ3v) is 6.02. The third-order valence-electron chi connectivity index (χ3n) is 6.02. The molecule has 14 nitrogen and oxygen atoms in total. The minimum absolute atomic E-state index is 0.200. The van der Waals surface area contributed by atoms with Crippen LogP contribution in [0.4, 0.5) is 0 Å². The topological polar surface area (TPSA) is 140 Å². The van der Waals surface area contributed by atoms with Crippen LogP contribution in [0.2, 0.25) is 0 Å². The molecular weight excluding hydrogens is 594 g/mol. The number of carbonyl (C=O) groups is 1. The van der Waals surface area contributed by atoms with Crippen LogP contribution in [0.1, 0.15) is 19.8 Å². The predicted octanol–water partition coefficient (Wildman–Crippen LogP) is 1.04. The molecule has 1 fully saturated rings. The summed E-state index contributed by atoms with van der Waals surface area (Å²) in [6, 6.07) is 0. The molecule has 0 radical (unpaired) electrons. The molecule has 0 amide bonds. The molecule has 0 unspecified atom stereocenters. The van der Waals surface area contributed by atoms with Crippen LogP contribution in [0, 0.1) is 0 Å². The van der Waals surface area contributed by atoms with Crippen molar-refractivity contribution in [2.75, 3.05) is 158 Å². The Labute approximate surface area is 269 Å². The lowest BCUT2D eigenvalue weighted by molar-refractivity contribution is -0.140. The Morgan fingerprint density at radius 2 is 0.756 bits per heavy atom. The van der Waals surface area contributed by atoms with Crippen molar-refractivity contribution in [3.05, 3.63) is 12.2 Å². The van der Waals surface area contributed by atoms with Gasteiger partial charge in [0.2, 0.25) is 0 Å². The second kappa shape index (κ2) is 34.1. The van der Waals surface area contributed by atoms with Crippen molar-refractivity contribution in [2.24, 2.45) is 0 Å². The fourth-order valence-electron chi connectivity index (χ4n) is 3.63. The van der Waals surface area contributed by atoms with E-state index in [0.29, 0.717) is 150 Å². The van der Waals surface area contributed by atoms with E-state index in [0.717, 1.165) is 25.9 Å². The van der Waals surface area contributed by atoms with Crippen molar-refractivity contribution < 1.29 is 61.6 Å². The van der Waals surface area contributed by atoms with E-state index in [1.54, 1.807) is 6.92 Å². The minimum atomic E-state index is -0.411. The average Bonchev–Trinajstić information content (AvgIpc) is 3.05. The zero-order valence-corrected chi connectivity index (χ0v) is 27.5. The molecular formula is C31H59NO13. The molecule has 1 aliphatic rings. The molecule has 0 aliphatic carbocycles. The first-order chi connectivity index (χ1) is 22.2. The smallest absolute Gasteiger partial charge is 0.333 e. The maximum atomic E-state index is 11.2. The van der Waals surface area contributed by atoms with Crippen LogP contribution < -0.4 is 5.32 Å². The molecule has 1 N–H and O–H groups in total. The van der Waals surface area contributed by atoms with Crippen molar-refractivity contribution in [1.29, 1.82) is 0 Å². The van der Waals surface area contributed by atoms with E-state index in [1.165, 1.54) is 0 Å². The van der Waals surface area contributed by atoms with Gasteiger partial charge in [0, 0.05) is 5.57 Å². The third kappa shape index (κ3) is 31.1. The normalized spacial score (nSPS) is 13.8. The van der Waals surface area contributed by atoms with E-state index in [9.17, 15) is 4.79 Å². The highest BCUT2D eigenvalue weighted by Gasteiger charge is 2.12. The maximum absolute atomic E-state index is 11.2. The Kier molecular flexibility index (Phi) is 31.6. The SMILES string of the molecule is C=C(C)C(=O)OCCOCCOCCOCCOCCOCCOCCOCCOCCOCCOCCOC1CCNCC1. The monoisotopic (exact) mass is 653 g/mol. The second-order valence-corrected chi connectivity index (χ2v) is 9.86. The van der Waals surface area contributed by atoms with Gasteiger partial charge in [0.15, 0.2) is 0 Å². The Morgan fingerprint density at radius 3 is 1.04 bits per heavy atom. The van der Waals surface area contributed by atoms with Crippen LogP contribution in [-0.4, -0.2) is 171 Å². The Balaban J connectivity index is 1.61. The number of nitrogens with one attached hydrogen (secondary N) is 1. The first-order valence-corrected chi connectivity index (χ1v) is 16.1. The predicted molar refractivity (Wildman–Crippen MR) is 166 cm³/mol. The van der Waals surface area contributed by atoms with Crippen molar-refractivity contribution in [3.63, 3.8) is 0 Å². The van der Waals surface area contributed by atoms with Gasteiger partial charge in [-0.25, -0.2) is 4.79 Å². The number of ether oxygens (including phenoxy) is 12. The lowest BCUT2D eigenvalue weighted by atomic mass is 10.1. The molecule has 0 aromatic rings. The maximum Gasteiger partial charge on any atom is 0.333 e. The van der Waals surface area contributed by atoms with Gasteiger partial charge in [-0.15, -0.1) is 0 Å². The first-order valence-electron chi connectivity index (χ1n) is 16.1. The zero-order valence-electron chi connectivity index (χ0n) is 27.5. The van der Waals surface area contributed by atoms with Gasteiger partial charge < -0.3 is 62.2 Å². The van der Waals surface area contributed by atoms with Crippen LogP contribution in [0.15, 0.2) is 12.2 Å². The summed E-state index contributed by atoms with van der Waals surface area (Å²) in [5.74, 6) is -0.411. The number of carbonyl (C=O) groups excluding carboxylic acids is 1.